The molecule has 1 heterocycles. The summed E-state index contributed by atoms with van der Waals surface area (Å²) in [5.74, 6) is -3.97. The van der Waals surface area contributed by atoms with Gasteiger partial charge in [0.15, 0.2) is 0 Å². The van der Waals surface area contributed by atoms with Gasteiger partial charge >= 0.3 is 5.97 Å². The second-order valence-corrected chi connectivity index (χ2v) is 8.70. The summed E-state index contributed by atoms with van der Waals surface area (Å²) in [5.41, 5.74) is 2.21. The molecule has 2 N–H and O–H groups in total. The first-order chi connectivity index (χ1) is 18.4. The first-order valence-corrected chi connectivity index (χ1v) is 11.8. The van der Waals surface area contributed by atoms with Crippen LogP contribution in [0.5, 0.6) is 5.75 Å². The minimum Gasteiger partial charge on any atom is -0.496 e. The molecule has 0 aliphatic carbocycles. The molecule has 0 unspecified atom stereocenters. The highest BCUT2D eigenvalue weighted by Crippen LogP contribution is 2.40. The van der Waals surface area contributed by atoms with Crippen LogP contribution >= 0.6 is 0 Å². The number of nitrogens with zero attached hydrogens (tertiary/aromatic N) is 1. The van der Waals surface area contributed by atoms with Gasteiger partial charge in [-0.1, -0.05) is 48.5 Å². The smallest absolute Gasteiger partial charge is 0.326 e. The summed E-state index contributed by atoms with van der Waals surface area (Å²) in [7, 11) is 1.59. The highest BCUT2D eigenvalue weighted by Gasteiger charge is 2.26. The molecular weight excluding hydrogens is 490 g/mol. The van der Waals surface area contributed by atoms with Crippen LogP contribution in [0.25, 0.3) is 32.8 Å². The molecule has 190 valence electrons. The van der Waals surface area contributed by atoms with Gasteiger partial charge in [-0.15, -0.1) is 0 Å². The number of methoxy groups -OCH3 is 1. The third-order valence-electron chi connectivity index (χ3n) is 6.46. The van der Waals surface area contributed by atoms with E-state index in [0.29, 0.717) is 11.3 Å². The molecule has 1 amide bonds. The molecule has 6 nitrogen and oxygen atoms in total. The lowest BCUT2D eigenvalue weighted by atomic mass is 9.91. The van der Waals surface area contributed by atoms with Crippen LogP contribution in [-0.2, 0) is 11.2 Å². The van der Waals surface area contributed by atoms with Crippen molar-refractivity contribution in [1.29, 1.82) is 0 Å². The molecule has 0 aliphatic heterocycles. The number of carbonyl (C=O) groups excluding carboxylic acids is 1. The number of ether oxygens (including phenoxy) is 1. The van der Waals surface area contributed by atoms with Crippen molar-refractivity contribution in [2.24, 2.45) is 0 Å². The number of hydrogen-bond acceptors (Lipinski definition) is 4. The molecule has 4 aromatic carbocycles. The second-order valence-electron chi connectivity index (χ2n) is 8.70. The Bertz CT molecular complexity index is 1680. The zero-order valence-electron chi connectivity index (χ0n) is 20.2. The van der Waals surface area contributed by atoms with Crippen LogP contribution < -0.4 is 10.1 Å². The number of carboxylic acid groups (broad SMARTS) is 1. The van der Waals surface area contributed by atoms with E-state index in [0.717, 1.165) is 51.0 Å². The summed E-state index contributed by atoms with van der Waals surface area (Å²) in [4.78, 5) is 29.3. The van der Waals surface area contributed by atoms with Gasteiger partial charge in [-0.25, -0.2) is 13.6 Å². The standard InChI is InChI=1S/C30H22F2N2O4/c1-38-25-14-13-17-7-5-15-33-28(17)26(25)21-10-3-8-19-18(6-2-9-20(19)21)16-24(30(36)37)34-29(35)27-22(31)11-4-12-23(27)32/h2-15,24H,16H2,1H3,(H,34,35)(H,36,37)/t24-/m0/s1. The van der Waals surface area contributed by atoms with E-state index in [1.807, 2.05) is 48.5 Å². The van der Waals surface area contributed by atoms with Gasteiger partial charge < -0.3 is 15.2 Å². The number of nitrogens with one attached hydrogen (secondary N) is 1. The Labute approximate surface area is 216 Å². The minimum absolute atomic E-state index is 0.108. The molecule has 0 spiro atoms. The molecule has 0 fully saturated rings. The third kappa shape index (κ3) is 4.52. The molecule has 0 saturated heterocycles. The van der Waals surface area contributed by atoms with Crippen LogP contribution in [0.15, 0.2) is 85.1 Å². The Balaban J connectivity index is 1.57. The zero-order chi connectivity index (χ0) is 26.8. The van der Waals surface area contributed by atoms with Crippen molar-refractivity contribution in [2.75, 3.05) is 7.11 Å². The van der Waals surface area contributed by atoms with Crippen molar-refractivity contribution in [2.45, 2.75) is 12.5 Å². The first-order valence-electron chi connectivity index (χ1n) is 11.8. The van der Waals surface area contributed by atoms with Crippen molar-refractivity contribution < 1.29 is 28.2 Å². The van der Waals surface area contributed by atoms with Crippen molar-refractivity contribution in [1.82, 2.24) is 10.3 Å². The lowest BCUT2D eigenvalue weighted by Gasteiger charge is -2.18. The van der Waals surface area contributed by atoms with E-state index in [2.05, 4.69) is 10.3 Å². The minimum atomic E-state index is -1.43. The lowest BCUT2D eigenvalue weighted by Crippen LogP contribution is -2.43. The van der Waals surface area contributed by atoms with Gasteiger partial charge in [0, 0.05) is 18.0 Å². The number of amides is 1. The second kappa shape index (κ2) is 10.3. The van der Waals surface area contributed by atoms with E-state index in [1.54, 1.807) is 25.4 Å². The normalized spacial score (nSPS) is 11.9. The average Bonchev–Trinajstić information content (AvgIpc) is 2.91. The van der Waals surface area contributed by atoms with E-state index in [1.165, 1.54) is 0 Å². The van der Waals surface area contributed by atoms with Crippen molar-refractivity contribution in [3.63, 3.8) is 0 Å². The van der Waals surface area contributed by atoms with Crippen molar-refractivity contribution in [3.8, 4) is 16.9 Å². The quantitative estimate of drug-likeness (QED) is 0.289. The largest absolute Gasteiger partial charge is 0.496 e. The summed E-state index contributed by atoms with van der Waals surface area (Å²) < 4.78 is 33.9. The molecule has 5 rings (SSSR count). The Morgan fingerprint density at radius 3 is 2.37 bits per heavy atom. The number of rotatable bonds is 7. The van der Waals surface area contributed by atoms with Gasteiger partial charge in [0.05, 0.1) is 18.2 Å². The highest BCUT2D eigenvalue weighted by atomic mass is 19.1. The van der Waals surface area contributed by atoms with E-state index in [-0.39, 0.29) is 6.42 Å². The molecule has 38 heavy (non-hydrogen) atoms. The van der Waals surface area contributed by atoms with Crippen LogP contribution in [0.2, 0.25) is 0 Å². The number of fused-ring (bicyclic) bond motifs is 2. The van der Waals surface area contributed by atoms with E-state index < -0.39 is 35.1 Å². The van der Waals surface area contributed by atoms with Crippen LogP contribution in [-0.4, -0.2) is 35.1 Å². The lowest BCUT2D eigenvalue weighted by molar-refractivity contribution is -0.139. The summed E-state index contributed by atoms with van der Waals surface area (Å²) >= 11 is 0. The maximum Gasteiger partial charge on any atom is 0.326 e. The monoisotopic (exact) mass is 512 g/mol. The molecular formula is C30H22F2N2O4. The van der Waals surface area contributed by atoms with E-state index in [4.69, 9.17) is 4.74 Å². The summed E-state index contributed by atoms with van der Waals surface area (Å²) in [5, 5.41) is 14.6. The fourth-order valence-electron chi connectivity index (χ4n) is 4.69. The van der Waals surface area contributed by atoms with Crippen LogP contribution in [0.4, 0.5) is 8.78 Å². The van der Waals surface area contributed by atoms with Gasteiger partial charge in [0.1, 0.15) is 29.0 Å². The third-order valence-corrected chi connectivity index (χ3v) is 6.46. The SMILES string of the molecule is COc1ccc2cccnc2c1-c1cccc2c(C[C@H](NC(=O)c3c(F)cccc3F)C(=O)O)cccc12. The maximum absolute atomic E-state index is 14.1. The Hall–Kier alpha value is -4.85. The predicted octanol–water partition coefficient (Wildman–Crippen LogP) is 5.77. The number of hydrogen-bond donors (Lipinski definition) is 2. The average molecular weight is 513 g/mol. The number of pyridine rings is 1. The predicted molar refractivity (Wildman–Crippen MR) is 140 cm³/mol. The number of aliphatic carboxylic acids is 1. The molecule has 5 aromatic rings. The molecule has 0 aliphatic rings. The molecule has 1 aromatic heterocycles. The van der Waals surface area contributed by atoms with E-state index >= 15 is 0 Å². The van der Waals surface area contributed by atoms with Crippen LogP contribution in [0.1, 0.15) is 15.9 Å². The van der Waals surface area contributed by atoms with Gasteiger partial charge in [-0.3, -0.25) is 9.78 Å². The van der Waals surface area contributed by atoms with E-state index in [9.17, 15) is 23.5 Å². The highest BCUT2D eigenvalue weighted by molar-refractivity contribution is 6.07. The van der Waals surface area contributed by atoms with Gasteiger partial charge in [-0.05, 0) is 52.2 Å². The van der Waals surface area contributed by atoms with Gasteiger partial charge in [0.25, 0.3) is 5.91 Å². The van der Waals surface area contributed by atoms with Crippen molar-refractivity contribution in [3.05, 3.63) is 108 Å². The first kappa shape index (κ1) is 24.8. The maximum atomic E-state index is 14.1. The van der Waals surface area contributed by atoms with Gasteiger partial charge in [0.2, 0.25) is 0 Å². The number of carboxylic acids is 1. The van der Waals surface area contributed by atoms with Gasteiger partial charge in [-0.2, -0.15) is 0 Å². The molecule has 0 radical (unpaired) electrons. The Morgan fingerprint density at radius 1 is 0.921 bits per heavy atom. The fourth-order valence-corrected chi connectivity index (χ4v) is 4.69. The van der Waals surface area contributed by atoms with Crippen LogP contribution in [0.3, 0.4) is 0 Å². The van der Waals surface area contributed by atoms with Crippen LogP contribution in [0, 0.1) is 11.6 Å². The zero-order valence-corrected chi connectivity index (χ0v) is 20.2. The number of benzene rings is 4. The summed E-state index contributed by atoms with van der Waals surface area (Å²) in [6.07, 6.45) is 1.60. The molecule has 1 atom stereocenters. The molecule has 0 bridgehead atoms. The molecule has 8 heteroatoms. The fraction of sp³-hybridized carbons (Fsp3) is 0.100. The molecule has 0 saturated carbocycles. The Kier molecular flexibility index (Phi) is 6.70. The Morgan fingerprint density at radius 2 is 1.63 bits per heavy atom. The topological polar surface area (TPSA) is 88.5 Å². The van der Waals surface area contributed by atoms with Crippen molar-refractivity contribution >= 4 is 33.6 Å². The number of aromatic nitrogens is 1. The summed E-state index contributed by atoms with van der Waals surface area (Å²) in [6, 6.07) is 20.3. The summed E-state index contributed by atoms with van der Waals surface area (Å²) in [6.45, 7) is 0. The number of carbonyl (C=O) groups is 2. The number of halogens is 2.